The van der Waals surface area contributed by atoms with Gasteiger partial charge in [-0.2, -0.15) is 0 Å². The van der Waals surface area contributed by atoms with Crippen molar-refractivity contribution in [2.75, 3.05) is 33.8 Å². The van der Waals surface area contributed by atoms with Gasteiger partial charge in [-0.15, -0.1) is 0 Å². The highest BCUT2D eigenvalue weighted by molar-refractivity contribution is 5.95. The Labute approximate surface area is 455 Å². The van der Waals surface area contributed by atoms with Crippen molar-refractivity contribution < 1.29 is 72.2 Å². The summed E-state index contributed by atoms with van der Waals surface area (Å²) in [4.78, 5) is 103. The number of carbonyl (C=O) groups excluding carboxylic acids is 7. The minimum atomic E-state index is -2.30. The predicted octanol–water partition coefficient (Wildman–Crippen LogP) is 7.47. The van der Waals surface area contributed by atoms with Gasteiger partial charge in [0.05, 0.1) is 29.6 Å². The van der Waals surface area contributed by atoms with Crippen molar-refractivity contribution in [3.05, 3.63) is 131 Å². The van der Waals surface area contributed by atoms with Gasteiger partial charge in [-0.1, -0.05) is 100.0 Å². The van der Waals surface area contributed by atoms with Gasteiger partial charge in [0.2, 0.25) is 6.10 Å². The number of aliphatic hydroxyl groups excluding tert-OH is 1. The van der Waals surface area contributed by atoms with E-state index < -0.39 is 119 Å². The van der Waals surface area contributed by atoms with Crippen LogP contribution in [0.3, 0.4) is 0 Å². The summed E-state index contributed by atoms with van der Waals surface area (Å²) in [5.74, 6) is -6.44. The third-order valence-corrected chi connectivity index (χ3v) is 17.1. The van der Waals surface area contributed by atoms with Crippen molar-refractivity contribution >= 4 is 41.8 Å². The molecule has 0 spiro atoms. The first-order valence-corrected chi connectivity index (χ1v) is 26.9. The van der Waals surface area contributed by atoms with E-state index in [1.165, 1.54) is 35.9 Å². The van der Waals surface area contributed by atoms with Gasteiger partial charge in [0.1, 0.15) is 41.8 Å². The molecule has 4 aliphatic carbocycles. The maximum absolute atomic E-state index is 15.6. The van der Waals surface area contributed by atoms with Crippen molar-refractivity contribution in [3.63, 3.8) is 0 Å². The zero-order valence-electron chi connectivity index (χ0n) is 45.7. The Hall–Kier alpha value is -6.89. The molecular formula is C60H73N3O15. The molecule has 8 rings (SSSR count). The number of hydrogen-bond acceptors (Lipinski definition) is 15. The monoisotopic (exact) mass is 1080 g/mol. The van der Waals surface area contributed by atoms with Crippen LogP contribution < -0.4 is 5.32 Å². The first-order chi connectivity index (χ1) is 37.0. The van der Waals surface area contributed by atoms with Crippen LogP contribution in [0.25, 0.3) is 0 Å². The maximum atomic E-state index is 15.6. The molecule has 0 aromatic heterocycles. The molecule has 3 N–H and O–H groups in total. The number of hydrogen-bond donors (Lipinski definition) is 3. The number of carbonyl (C=O) groups is 7. The van der Waals surface area contributed by atoms with Gasteiger partial charge >= 0.3 is 30.1 Å². The first-order valence-electron chi connectivity index (χ1n) is 26.9. The molecule has 18 nitrogen and oxygen atoms in total. The topological polar surface area (TPSA) is 234 Å². The fourth-order valence-corrected chi connectivity index (χ4v) is 12.7. The Bertz CT molecular complexity index is 2790. The van der Waals surface area contributed by atoms with Crippen LogP contribution in [0.4, 0.5) is 9.59 Å². The predicted molar refractivity (Wildman–Crippen MR) is 283 cm³/mol. The van der Waals surface area contributed by atoms with E-state index in [1.54, 1.807) is 121 Å². The minimum absolute atomic E-state index is 0.0155. The van der Waals surface area contributed by atoms with E-state index in [0.29, 0.717) is 23.1 Å². The number of fused-ring (bicyclic) bond motifs is 5. The average Bonchev–Trinajstić information content (AvgIpc) is 1.85. The van der Waals surface area contributed by atoms with Gasteiger partial charge in [0, 0.05) is 63.8 Å². The van der Waals surface area contributed by atoms with E-state index in [2.05, 4.69) is 5.32 Å². The summed E-state index contributed by atoms with van der Waals surface area (Å²) < 4.78 is 37.1. The van der Waals surface area contributed by atoms with Crippen LogP contribution in [-0.4, -0.2) is 143 Å². The molecule has 1 heterocycles. The SMILES string of the molecule is CC(=O)O[C@@]12CO[C@@H]1C[C@H](O)[C@@]1(C)C(=O)[C@H](C)C3=C(C)[C@@H](OC(=O)[C@H](OC(=O)N(C)CCN(C)C(=O)OC4/C=C/CCCCC4)[C@@H](NC(=O)c4ccccc4)c4ccccc4)C[C@@](O)(C(OC(=O)c4ccccc4)C12)C3(C)C. The highest BCUT2D eigenvalue weighted by atomic mass is 16.6. The number of nitrogens with zero attached hydrogens (tertiary/aromatic N) is 2. The van der Waals surface area contributed by atoms with E-state index in [-0.39, 0.29) is 43.3 Å². The lowest BCUT2D eigenvalue weighted by molar-refractivity contribution is -0.345. The maximum Gasteiger partial charge on any atom is 0.410 e. The first kappa shape index (κ1) is 57.3. The number of amides is 3. The Morgan fingerprint density at radius 2 is 1.44 bits per heavy atom. The number of likely N-dealkylation sites (N-methyl/N-ethyl adjacent to an activating group) is 2. The highest BCUT2D eigenvalue weighted by Gasteiger charge is 2.77. The van der Waals surface area contributed by atoms with Crippen LogP contribution in [0.5, 0.6) is 0 Å². The Morgan fingerprint density at radius 1 is 0.821 bits per heavy atom. The molecular weight excluding hydrogens is 1000 g/mol. The van der Waals surface area contributed by atoms with Crippen molar-refractivity contribution in [3.8, 4) is 0 Å². The molecule has 3 unspecified atom stereocenters. The standard InChI is InChI=1S/C60H73N3O15/c1-36-43(34-60(72)51(77-53(68)41-27-19-14-20-28-41)49-58(6,50(66)37(2)46(36)57(60,4)5)44(65)33-45-59(49,35-73-45)78-38(3)64)75-54(69)48(47(39-23-15-12-16-24-39)61-52(67)40-25-17-13-18-26-40)76-56(71)63(8)32-31-62(7)55(70)74-42-29-21-10-9-11-22-30-42/h12-21,23-29,37,42-45,47-49,51,65,72H,9-11,22,30-35H2,1-8H3,(H,61,67)/b29-21+/t37-,42?,43+,44+,45-,47+,48-,49?,51?,58-,59+,60-/m1/s1. The average molecular weight is 1080 g/mol. The van der Waals surface area contributed by atoms with Crippen molar-refractivity contribution in [1.82, 2.24) is 15.1 Å². The summed E-state index contributed by atoms with van der Waals surface area (Å²) in [6.07, 6.45) is -1.60. The molecule has 1 saturated heterocycles. The summed E-state index contributed by atoms with van der Waals surface area (Å²) in [6, 6.07) is 23.2. The van der Waals surface area contributed by atoms with Gasteiger partial charge in [0.25, 0.3) is 5.91 Å². The lowest BCUT2D eigenvalue weighted by Gasteiger charge is -2.67. The molecule has 3 aromatic carbocycles. The van der Waals surface area contributed by atoms with E-state index in [1.807, 2.05) is 12.2 Å². The second-order valence-electron chi connectivity index (χ2n) is 22.3. The summed E-state index contributed by atoms with van der Waals surface area (Å²) >= 11 is 0. The van der Waals surface area contributed by atoms with E-state index >= 15 is 9.59 Å². The van der Waals surface area contributed by atoms with Crippen molar-refractivity contribution in [2.45, 2.75) is 140 Å². The van der Waals surface area contributed by atoms with Crippen LogP contribution in [0, 0.1) is 22.7 Å². The molecule has 78 heavy (non-hydrogen) atoms. The number of esters is 3. The summed E-state index contributed by atoms with van der Waals surface area (Å²) in [5.41, 5.74) is -5.92. The van der Waals surface area contributed by atoms with Gasteiger partial charge < -0.3 is 53.8 Å². The van der Waals surface area contributed by atoms with Gasteiger partial charge in [-0.05, 0) is 86.6 Å². The van der Waals surface area contributed by atoms with E-state index in [0.717, 1.165) is 25.7 Å². The van der Waals surface area contributed by atoms with Crippen molar-refractivity contribution in [2.24, 2.45) is 22.7 Å². The zero-order valence-corrected chi connectivity index (χ0v) is 45.7. The van der Waals surface area contributed by atoms with Crippen LogP contribution in [-0.2, 0) is 42.8 Å². The quantitative estimate of drug-likeness (QED) is 0.0807. The normalized spacial score (nSPS) is 30.2. The number of allylic oxidation sites excluding steroid dienone is 1. The fourth-order valence-electron chi connectivity index (χ4n) is 12.7. The third-order valence-electron chi connectivity index (χ3n) is 17.1. The highest BCUT2D eigenvalue weighted by Crippen LogP contribution is 2.65. The molecule has 12 atom stereocenters. The molecule has 3 aromatic rings. The molecule has 0 radical (unpaired) electrons. The molecule has 5 aliphatic rings. The number of nitrogens with one attached hydrogen (secondary N) is 1. The largest absolute Gasteiger partial charge is 0.455 e. The van der Waals surface area contributed by atoms with Crippen LogP contribution in [0.1, 0.15) is 119 Å². The summed E-state index contributed by atoms with van der Waals surface area (Å²) in [5, 5.41) is 29.1. The molecule has 3 fully saturated rings. The summed E-state index contributed by atoms with van der Waals surface area (Å²) in [6.45, 7) is 9.13. The number of benzene rings is 3. The number of rotatable bonds is 14. The second kappa shape index (κ2) is 23.2. The number of Topliss-reactive ketones (excluding diaryl/α,β-unsaturated/α-hetero) is 1. The number of aliphatic hydroxyl groups is 2. The van der Waals surface area contributed by atoms with Crippen molar-refractivity contribution in [1.29, 1.82) is 0 Å². The minimum Gasteiger partial charge on any atom is -0.455 e. The lowest BCUT2D eigenvalue weighted by Crippen LogP contribution is -2.81. The second-order valence-corrected chi connectivity index (χ2v) is 22.3. The van der Waals surface area contributed by atoms with Gasteiger partial charge in [-0.3, -0.25) is 14.4 Å². The number of ether oxygens (including phenoxy) is 6. The molecule has 2 saturated carbocycles. The molecule has 3 amide bonds. The Kier molecular flexibility index (Phi) is 17.0. The Morgan fingerprint density at radius 3 is 2.05 bits per heavy atom. The molecule has 1 aliphatic heterocycles. The smallest absolute Gasteiger partial charge is 0.410 e. The van der Waals surface area contributed by atoms with E-state index in [4.69, 9.17) is 28.4 Å². The molecule has 2 bridgehead atoms. The van der Waals surface area contributed by atoms with Gasteiger partial charge in [0.15, 0.2) is 5.60 Å². The molecule has 18 heteroatoms. The van der Waals surface area contributed by atoms with Crippen LogP contribution in [0.15, 0.2) is 114 Å². The third kappa shape index (κ3) is 10.9. The summed E-state index contributed by atoms with van der Waals surface area (Å²) in [7, 11) is 2.97. The van der Waals surface area contributed by atoms with E-state index in [9.17, 15) is 34.2 Å². The fraction of sp³-hybridized carbons (Fsp3) is 0.517. The Balaban J connectivity index is 1.18. The van der Waals surface area contributed by atoms with Crippen LogP contribution >= 0.6 is 0 Å². The zero-order chi connectivity index (χ0) is 56.3. The lowest BCUT2D eigenvalue weighted by atomic mass is 9.43. The van der Waals surface area contributed by atoms with Gasteiger partial charge in [-0.25, -0.2) is 19.2 Å². The molecule has 418 valence electrons. The van der Waals surface area contributed by atoms with Crippen LogP contribution in [0.2, 0.25) is 0 Å². The number of ketones is 1.